The van der Waals surface area contributed by atoms with Crippen LogP contribution >= 0.6 is 0 Å². The standard InChI is InChI=1S/C18H15N3O4/c19-16(22)10-25-13-5-3-11(4-6-13)15(18(23)24)8-12-9-21-17-14(12)2-1-7-20-17/h1-9H,10H2,(H2,19,22)(H,20,21)(H,23,24). The van der Waals surface area contributed by atoms with E-state index in [1.165, 1.54) is 0 Å². The minimum atomic E-state index is -1.05. The third kappa shape index (κ3) is 3.66. The second-order valence-electron chi connectivity index (χ2n) is 5.29. The number of benzene rings is 1. The van der Waals surface area contributed by atoms with E-state index in [9.17, 15) is 14.7 Å². The zero-order chi connectivity index (χ0) is 17.8. The molecule has 3 aromatic rings. The Labute approximate surface area is 142 Å². The van der Waals surface area contributed by atoms with E-state index < -0.39 is 11.9 Å². The highest BCUT2D eigenvalue weighted by molar-refractivity contribution is 6.21. The monoisotopic (exact) mass is 337 g/mol. The van der Waals surface area contributed by atoms with Crippen LogP contribution in [0.1, 0.15) is 11.1 Å². The number of aromatic amines is 1. The van der Waals surface area contributed by atoms with E-state index in [0.29, 0.717) is 17.0 Å². The molecule has 1 amide bonds. The lowest BCUT2D eigenvalue weighted by Gasteiger charge is -2.06. The van der Waals surface area contributed by atoms with Crippen molar-refractivity contribution < 1.29 is 19.4 Å². The number of hydrogen-bond acceptors (Lipinski definition) is 4. The number of nitrogens with two attached hydrogens (primary N) is 1. The van der Waals surface area contributed by atoms with Crippen molar-refractivity contribution in [3.63, 3.8) is 0 Å². The summed E-state index contributed by atoms with van der Waals surface area (Å²) in [5.74, 6) is -1.20. The fraction of sp³-hybridized carbons (Fsp3) is 0.0556. The normalized spacial score (nSPS) is 11.4. The van der Waals surface area contributed by atoms with E-state index in [1.807, 2.05) is 6.07 Å². The molecule has 0 aliphatic rings. The maximum Gasteiger partial charge on any atom is 0.336 e. The second kappa shape index (κ2) is 6.88. The molecule has 3 rings (SSSR count). The summed E-state index contributed by atoms with van der Waals surface area (Å²) in [7, 11) is 0. The Balaban J connectivity index is 1.93. The SMILES string of the molecule is NC(=O)COc1ccc(C(=Cc2c[nH]c3ncccc23)C(=O)O)cc1. The number of carboxylic acids is 1. The quantitative estimate of drug-likeness (QED) is 0.595. The number of aromatic nitrogens is 2. The van der Waals surface area contributed by atoms with Crippen molar-refractivity contribution in [1.82, 2.24) is 9.97 Å². The smallest absolute Gasteiger partial charge is 0.336 e. The van der Waals surface area contributed by atoms with Gasteiger partial charge in [0.1, 0.15) is 11.4 Å². The molecule has 0 fully saturated rings. The number of hydrogen-bond donors (Lipinski definition) is 3. The minimum absolute atomic E-state index is 0.131. The Morgan fingerprint density at radius 1 is 1.24 bits per heavy atom. The van der Waals surface area contributed by atoms with Crippen molar-refractivity contribution in [2.75, 3.05) is 6.61 Å². The largest absolute Gasteiger partial charge is 0.484 e. The van der Waals surface area contributed by atoms with Crippen molar-refractivity contribution in [3.05, 3.63) is 59.9 Å². The van der Waals surface area contributed by atoms with Gasteiger partial charge in [0.2, 0.25) is 0 Å². The number of carbonyl (C=O) groups is 2. The molecule has 7 nitrogen and oxygen atoms in total. The minimum Gasteiger partial charge on any atom is -0.484 e. The fourth-order valence-corrected chi connectivity index (χ4v) is 2.41. The molecule has 2 aromatic heterocycles. The van der Waals surface area contributed by atoms with Crippen LogP contribution in [0.5, 0.6) is 5.75 Å². The van der Waals surface area contributed by atoms with Crippen LogP contribution in [-0.2, 0) is 9.59 Å². The van der Waals surface area contributed by atoms with Gasteiger partial charge in [-0.05, 0) is 35.9 Å². The van der Waals surface area contributed by atoms with Crippen LogP contribution in [0.3, 0.4) is 0 Å². The predicted molar refractivity (Wildman–Crippen MR) is 92.7 cm³/mol. The first-order valence-corrected chi connectivity index (χ1v) is 7.43. The second-order valence-corrected chi connectivity index (χ2v) is 5.29. The summed E-state index contributed by atoms with van der Waals surface area (Å²) >= 11 is 0. The number of pyridine rings is 1. The number of aliphatic carboxylic acids is 1. The number of nitrogens with one attached hydrogen (secondary N) is 1. The van der Waals surface area contributed by atoms with Gasteiger partial charge < -0.3 is 20.6 Å². The number of carboxylic acid groups (broad SMARTS) is 1. The fourth-order valence-electron chi connectivity index (χ4n) is 2.41. The molecular formula is C18H15N3O4. The Kier molecular flexibility index (Phi) is 4.47. The molecule has 0 saturated carbocycles. The summed E-state index contributed by atoms with van der Waals surface area (Å²) < 4.78 is 5.17. The summed E-state index contributed by atoms with van der Waals surface area (Å²) in [6, 6.07) is 10.1. The molecule has 0 atom stereocenters. The Morgan fingerprint density at radius 3 is 2.68 bits per heavy atom. The molecule has 7 heteroatoms. The van der Waals surface area contributed by atoms with Gasteiger partial charge in [-0.3, -0.25) is 4.79 Å². The highest BCUT2D eigenvalue weighted by Crippen LogP contribution is 2.25. The van der Waals surface area contributed by atoms with E-state index in [1.54, 1.807) is 48.8 Å². The number of fused-ring (bicyclic) bond motifs is 1. The van der Waals surface area contributed by atoms with Crippen molar-refractivity contribution >= 4 is 34.6 Å². The number of nitrogens with zero attached hydrogens (tertiary/aromatic N) is 1. The van der Waals surface area contributed by atoms with Gasteiger partial charge in [-0.2, -0.15) is 0 Å². The number of ether oxygens (including phenoxy) is 1. The highest BCUT2D eigenvalue weighted by Gasteiger charge is 2.12. The van der Waals surface area contributed by atoms with Gasteiger partial charge in [-0.15, -0.1) is 0 Å². The number of rotatable bonds is 6. The summed E-state index contributed by atoms with van der Waals surface area (Å²) in [6.45, 7) is -0.233. The maximum atomic E-state index is 11.7. The molecule has 2 heterocycles. The number of primary amides is 1. The van der Waals surface area contributed by atoms with Gasteiger partial charge in [-0.1, -0.05) is 12.1 Å². The lowest BCUT2D eigenvalue weighted by molar-refractivity contribution is -0.130. The lowest BCUT2D eigenvalue weighted by atomic mass is 10.0. The molecule has 0 radical (unpaired) electrons. The summed E-state index contributed by atoms with van der Waals surface area (Å²) in [5, 5.41) is 10.4. The number of H-pyrrole nitrogens is 1. The third-order valence-corrected chi connectivity index (χ3v) is 3.56. The van der Waals surface area contributed by atoms with Crippen molar-refractivity contribution in [2.45, 2.75) is 0 Å². The average molecular weight is 337 g/mol. The molecule has 0 unspecified atom stereocenters. The topological polar surface area (TPSA) is 118 Å². The van der Waals surface area contributed by atoms with E-state index in [4.69, 9.17) is 10.5 Å². The molecular weight excluding hydrogens is 322 g/mol. The van der Waals surface area contributed by atoms with Crippen molar-refractivity contribution in [2.24, 2.45) is 5.73 Å². The summed E-state index contributed by atoms with van der Waals surface area (Å²) in [5.41, 5.74) is 7.08. The molecule has 25 heavy (non-hydrogen) atoms. The molecule has 126 valence electrons. The van der Waals surface area contributed by atoms with Crippen LogP contribution in [0.15, 0.2) is 48.8 Å². The van der Waals surface area contributed by atoms with E-state index in [-0.39, 0.29) is 12.2 Å². The molecule has 4 N–H and O–H groups in total. The predicted octanol–water partition coefficient (Wildman–Crippen LogP) is 2.05. The first-order valence-electron chi connectivity index (χ1n) is 7.43. The number of carbonyl (C=O) groups excluding carboxylic acids is 1. The zero-order valence-electron chi connectivity index (χ0n) is 13.1. The van der Waals surface area contributed by atoms with E-state index in [2.05, 4.69) is 9.97 Å². The molecule has 1 aromatic carbocycles. The van der Waals surface area contributed by atoms with Crippen LogP contribution in [0.4, 0.5) is 0 Å². The summed E-state index contributed by atoms with van der Waals surface area (Å²) in [4.78, 5) is 29.6. The first-order chi connectivity index (χ1) is 12.0. The van der Waals surface area contributed by atoms with Gasteiger partial charge >= 0.3 is 5.97 Å². The van der Waals surface area contributed by atoms with Crippen LogP contribution in [0.2, 0.25) is 0 Å². The first kappa shape index (κ1) is 16.3. The Hall–Kier alpha value is -3.61. The zero-order valence-corrected chi connectivity index (χ0v) is 13.1. The Morgan fingerprint density at radius 2 is 2.00 bits per heavy atom. The molecule has 0 aliphatic carbocycles. The van der Waals surface area contributed by atoms with Gasteiger partial charge in [0.15, 0.2) is 6.61 Å². The molecule has 0 bridgehead atoms. The Bertz CT molecular complexity index is 958. The summed E-state index contributed by atoms with van der Waals surface area (Å²) in [6.07, 6.45) is 4.96. The van der Waals surface area contributed by atoms with Crippen molar-refractivity contribution in [1.29, 1.82) is 0 Å². The third-order valence-electron chi connectivity index (χ3n) is 3.56. The lowest BCUT2D eigenvalue weighted by Crippen LogP contribution is -2.19. The number of amides is 1. The van der Waals surface area contributed by atoms with Gasteiger partial charge in [-0.25, -0.2) is 9.78 Å². The molecule has 0 spiro atoms. The molecule has 0 saturated heterocycles. The average Bonchev–Trinajstić information content (AvgIpc) is 3.01. The van der Waals surface area contributed by atoms with Crippen LogP contribution in [-0.4, -0.2) is 33.6 Å². The highest BCUT2D eigenvalue weighted by atomic mass is 16.5. The van der Waals surface area contributed by atoms with Crippen molar-refractivity contribution in [3.8, 4) is 5.75 Å². The van der Waals surface area contributed by atoms with E-state index in [0.717, 1.165) is 10.9 Å². The van der Waals surface area contributed by atoms with Gasteiger partial charge in [0.25, 0.3) is 5.91 Å². The van der Waals surface area contributed by atoms with Gasteiger partial charge in [0, 0.05) is 23.3 Å². The van der Waals surface area contributed by atoms with Crippen LogP contribution < -0.4 is 10.5 Å². The maximum absolute atomic E-state index is 11.7. The van der Waals surface area contributed by atoms with Crippen LogP contribution in [0, 0.1) is 0 Å². The van der Waals surface area contributed by atoms with E-state index >= 15 is 0 Å². The van der Waals surface area contributed by atoms with Gasteiger partial charge in [0.05, 0.1) is 5.57 Å². The van der Waals surface area contributed by atoms with Crippen LogP contribution in [0.25, 0.3) is 22.7 Å². The molecule has 0 aliphatic heterocycles.